The molecule has 0 spiro atoms. The first kappa shape index (κ1) is 56.4. The summed E-state index contributed by atoms with van der Waals surface area (Å²) >= 11 is 0. The summed E-state index contributed by atoms with van der Waals surface area (Å²) in [5.41, 5.74) is 25.9. The Bertz CT molecular complexity index is 5400. The van der Waals surface area contributed by atoms with Gasteiger partial charge in [0.25, 0.3) is 13.4 Å². The maximum atomic E-state index is 7.24. The first-order chi connectivity index (χ1) is 49.6. The zero-order valence-corrected chi connectivity index (χ0v) is 54.2. The Hall–Kier alpha value is -12.8. The Morgan fingerprint density at radius 1 is 0.240 bits per heavy atom. The minimum Gasteiger partial charge on any atom is -0.458 e. The molecule has 6 aliphatic rings. The summed E-state index contributed by atoms with van der Waals surface area (Å²) in [5.74, 6) is 5.90. The molecule has 0 radical (unpaired) electrons. The van der Waals surface area contributed by atoms with E-state index in [1.54, 1.807) is 0 Å². The van der Waals surface area contributed by atoms with Gasteiger partial charge in [-0.2, -0.15) is 0 Å². The fraction of sp³-hybridized carbons (Fsp3) is 0.0217. The van der Waals surface area contributed by atoms with Crippen molar-refractivity contribution in [2.24, 2.45) is 0 Å². The van der Waals surface area contributed by atoms with Crippen LogP contribution in [0.25, 0.3) is 22.3 Å². The fourth-order valence-corrected chi connectivity index (χ4v) is 17.9. The number of benzene rings is 15. The van der Waals surface area contributed by atoms with Crippen molar-refractivity contribution in [1.82, 2.24) is 0 Å². The molecule has 8 heteroatoms. The molecule has 0 saturated heterocycles. The molecule has 21 rings (SSSR count). The van der Waals surface area contributed by atoms with E-state index in [2.05, 4.69) is 301 Å². The highest BCUT2D eigenvalue weighted by Crippen LogP contribution is 2.60. The van der Waals surface area contributed by atoms with E-state index in [1.807, 2.05) is 60.7 Å². The van der Waals surface area contributed by atoms with Gasteiger partial charge in [-0.25, -0.2) is 0 Å². The predicted molar refractivity (Wildman–Crippen MR) is 406 cm³/mol. The van der Waals surface area contributed by atoms with Gasteiger partial charge in [0.05, 0.1) is 10.8 Å². The number of fused-ring (bicyclic) bond motifs is 14. The molecule has 466 valence electrons. The van der Waals surface area contributed by atoms with Gasteiger partial charge in [0.2, 0.25) is 0 Å². The molecule has 0 saturated carbocycles. The number of anilines is 6. The lowest BCUT2D eigenvalue weighted by Crippen LogP contribution is -2.63. The van der Waals surface area contributed by atoms with E-state index >= 15 is 0 Å². The summed E-state index contributed by atoms with van der Waals surface area (Å²) in [5, 5.41) is 0. The van der Waals surface area contributed by atoms with Gasteiger partial charge < -0.3 is 28.7 Å². The van der Waals surface area contributed by atoms with Crippen LogP contribution in [0.5, 0.6) is 46.0 Å². The second-order valence-electron chi connectivity index (χ2n) is 26.8. The second kappa shape index (κ2) is 21.9. The molecule has 0 unspecified atom stereocenters. The smallest absolute Gasteiger partial charge is 0.256 e. The molecule has 0 N–H and O–H groups in total. The Kier molecular flexibility index (Phi) is 12.3. The maximum Gasteiger partial charge on any atom is 0.256 e. The van der Waals surface area contributed by atoms with Gasteiger partial charge in [-0.3, -0.25) is 0 Å². The van der Waals surface area contributed by atoms with Crippen LogP contribution in [0, 0.1) is 0 Å². The lowest BCUT2D eigenvalue weighted by Gasteiger charge is -2.44. The van der Waals surface area contributed by atoms with E-state index in [-0.39, 0.29) is 13.4 Å². The first-order valence-corrected chi connectivity index (χ1v) is 34.4. The van der Waals surface area contributed by atoms with E-state index in [0.717, 1.165) is 101 Å². The zero-order valence-electron chi connectivity index (χ0n) is 54.2. The highest BCUT2D eigenvalue weighted by Gasteiger charge is 2.51. The number of rotatable bonds is 10. The van der Waals surface area contributed by atoms with Crippen LogP contribution in [0.3, 0.4) is 0 Å². The standard InChI is InChI=1S/C92H58B2N2O4/c1-7-27-59(28-8-1)91(60-29-9-2-10-30-60)73-41-21-19-39-69(73)71-51-63(47-49-75(71)91)95-81-58-82-80(57-79(81)93-77-43-23-25-45-85(77)99-87-55-67(53-83(95)89(87)93)97-65-35-15-5-16-36-65)94-78-44-24-26-46-86(78)100-88-56-68(98-66-37-17-6-18-38-66)54-84(90(88)94)96(82)64-48-50-76-72(52-64)70-40-20-22-42-74(70)92(76,61-31-11-3-12-32-61)62-33-13-4-14-34-62/h1-58H. The molecule has 6 nitrogen and oxygen atoms in total. The minimum absolute atomic E-state index is 0.261. The Morgan fingerprint density at radius 2 is 0.580 bits per heavy atom. The van der Waals surface area contributed by atoms with Crippen LogP contribution in [0.1, 0.15) is 44.5 Å². The van der Waals surface area contributed by atoms with Gasteiger partial charge in [0, 0.05) is 58.4 Å². The number of hydrogen-bond acceptors (Lipinski definition) is 6. The number of para-hydroxylation sites is 4. The monoisotopic (exact) mass is 1280 g/mol. The van der Waals surface area contributed by atoms with Crippen molar-refractivity contribution in [2.45, 2.75) is 10.8 Å². The van der Waals surface area contributed by atoms with Crippen LogP contribution in [0.15, 0.2) is 352 Å². The van der Waals surface area contributed by atoms with Crippen LogP contribution in [0.2, 0.25) is 0 Å². The van der Waals surface area contributed by atoms with Crippen molar-refractivity contribution in [3.8, 4) is 68.2 Å². The second-order valence-corrected chi connectivity index (χ2v) is 26.8. The molecule has 4 aliphatic heterocycles. The van der Waals surface area contributed by atoms with Crippen LogP contribution in [0.4, 0.5) is 34.1 Å². The molecule has 15 aromatic carbocycles. The molecule has 0 aromatic heterocycles. The Balaban J connectivity index is 0.864. The summed E-state index contributed by atoms with van der Waals surface area (Å²) in [4.78, 5) is 5.01. The molecule has 0 bridgehead atoms. The fourth-order valence-electron chi connectivity index (χ4n) is 17.9. The maximum absolute atomic E-state index is 7.24. The highest BCUT2D eigenvalue weighted by atomic mass is 16.5. The van der Waals surface area contributed by atoms with Gasteiger partial charge in [0.15, 0.2) is 0 Å². The summed E-state index contributed by atoms with van der Waals surface area (Å²) in [6.07, 6.45) is 0. The van der Waals surface area contributed by atoms with E-state index < -0.39 is 10.8 Å². The molecular formula is C92H58B2N2O4. The average molecular weight is 1280 g/mol. The van der Waals surface area contributed by atoms with E-state index in [9.17, 15) is 0 Å². The first-order valence-electron chi connectivity index (χ1n) is 34.4. The molecule has 100 heavy (non-hydrogen) atoms. The van der Waals surface area contributed by atoms with Crippen molar-refractivity contribution >= 4 is 80.3 Å². The quantitative estimate of drug-likeness (QED) is 0.127. The SMILES string of the molecule is c1ccc(Oc2cc3c4c(c2)N(c2ccc5c(c2)-c2ccccc2C5(c2ccccc2)c2ccccc2)c2cc5c(cc2B4c2ccccc2O3)B2c3ccccc3Oc3cc(Oc4ccccc4)cc(c32)N5c2ccc3c(c2)-c2ccccc2C3(c2ccccc2)c2ccccc2)cc1. The lowest BCUT2D eigenvalue weighted by atomic mass is 9.31. The normalized spacial score (nSPS) is 14.2. The van der Waals surface area contributed by atoms with Gasteiger partial charge >= 0.3 is 0 Å². The van der Waals surface area contributed by atoms with Crippen LogP contribution in [-0.4, -0.2) is 13.4 Å². The van der Waals surface area contributed by atoms with Gasteiger partial charge in [-0.1, -0.05) is 261 Å². The highest BCUT2D eigenvalue weighted by molar-refractivity contribution is 7.02. The topological polar surface area (TPSA) is 43.4 Å². The van der Waals surface area contributed by atoms with Gasteiger partial charge in [0.1, 0.15) is 46.0 Å². The largest absolute Gasteiger partial charge is 0.458 e. The van der Waals surface area contributed by atoms with E-state index in [4.69, 9.17) is 18.9 Å². The molecule has 2 aliphatic carbocycles. The molecule has 0 amide bonds. The molecule has 0 atom stereocenters. The zero-order chi connectivity index (χ0) is 65.6. The van der Waals surface area contributed by atoms with Crippen molar-refractivity contribution in [3.63, 3.8) is 0 Å². The Morgan fingerprint density at radius 3 is 0.980 bits per heavy atom. The van der Waals surface area contributed by atoms with Gasteiger partial charge in [-0.15, -0.1) is 0 Å². The third-order valence-electron chi connectivity index (χ3n) is 21.8. The number of hydrogen-bond donors (Lipinski definition) is 0. The van der Waals surface area contributed by atoms with E-state index in [0.29, 0.717) is 11.5 Å². The lowest BCUT2D eigenvalue weighted by molar-refractivity contribution is 0.462. The minimum atomic E-state index is -0.606. The van der Waals surface area contributed by atoms with Crippen molar-refractivity contribution < 1.29 is 18.9 Å². The van der Waals surface area contributed by atoms with Crippen molar-refractivity contribution in [3.05, 3.63) is 396 Å². The predicted octanol–water partition coefficient (Wildman–Crippen LogP) is 18.8. The molecule has 15 aromatic rings. The summed E-state index contributed by atoms with van der Waals surface area (Å²) in [7, 11) is 0. The summed E-state index contributed by atoms with van der Waals surface area (Å²) in [6.45, 7) is -0.522. The number of ether oxygens (including phenoxy) is 4. The Labute approximate surface area is 581 Å². The number of nitrogens with zero attached hydrogens (tertiary/aromatic N) is 2. The van der Waals surface area contributed by atoms with Gasteiger partial charge in [-0.05, 0) is 166 Å². The van der Waals surface area contributed by atoms with Crippen molar-refractivity contribution in [1.29, 1.82) is 0 Å². The average Bonchev–Trinajstić information content (AvgIpc) is 1.09. The summed E-state index contributed by atoms with van der Waals surface area (Å²) < 4.78 is 28.4. The van der Waals surface area contributed by atoms with Crippen LogP contribution < -0.4 is 61.5 Å². The third kappa shape index (κ3) is 8.10. The molecular weight excluding hydrogens is 1220 g/mol. The third-order valence-corrected chi connectivity index (χ3v) is 21.8. The van der Waals surface area contributed by atoms with Crippen LogP contribution in [-0.2, 0) is 10.8 Å². The molecule has 0 fully saturated rings. The van der Waals surface area contributed by atoms with Crippen molar-refractivity contribution in [2.75, 3.05) is 9.80 Å². The molecule has 4 heterocycles. The summed E-state index contributed by atoms with van der Waals surface area (Å²) in [6, 6.07) is 128. The van der Waals surface area contributed by atoms with E-state index in [1.165, 1.54) is 66.8 Å². The van der Waals surface area contributed by atoms with Crippen LogP contribution >= 0.6 is 0 Å².